The largest absolute Gasteiger partial charge is 0.375 e. The number of anilines is 1. The van der Waals surface area contributed by atoms with Gasteiger partial charge in [0.05, 0.1) is 25.4 Å². The molecule has 0 aromatic carbocycles. The molecule has 1 heterocycles. The number of nitrogens with one attached hydrogen (secondary N) is 1. The van der Waals surface area contributed by atoms with Gasteiger partial charge in [-0.1, -0.05) is 11.6 Å². The molecule has 0 atom stereocenters. The molecule has 1 amide bonds. The zero-order valence-electron chi connectivity index (χ0n) is 8.70. The van der Waals surface area contributed by atoms with Gasteiger partial charge in [0.15, 0.2) is 5.82 Å². The predicted octanol–water partition coefficient (Wildman–Crippen LogP) is 1.74. The lowest BCUT2D eigenvalue weighted by atomic mass is 10.4. The molecule has 0 aliphatic heterocycles. The van der Waals surface area contributed by atoms with Gasteiger partial charge in [-0.05, 0) is 0 Å². The molecule has 0 radical (unpaired) electrons. The summed E-state index contributed by atoms with van der Waals surface area (Å²) in [6.45, 7) is -0.745. The first-order valence-corrected chi connectivity index (χ1v) is 5.09. The van der Waals surface area contributed by atoms with Gasteiger partial charge in [-0.25, -0.2) is 18.7 Å². The van der Waals surface area contributed by atoms with Gasteiger partial charge in [0.25, 0.3) is 6.43 Å². The fourth-order valence-corrected chi connectivity index (χ4v) is 1.02. The molecule has 0 bridgehead atoms. The van der Waals surface area contributed by atoms with Crippen LogP contribution in [0, 0.1) is 0 Å². The van der Waals surface area contributed by atoms with Crippen LogP contribution in [0.2, 0.25) is 5.15 Å². The molecule has 1 rings (SSSR count). The molecule has 0 fully saturated rings. The van der Waals surface area contributed by atoms with E-state index in [0.29, 0.717) is 0 Å². The summed E-state index contributed by atoms with van der Waals surface area (Å²) >= 11 is 5.50. The van der Waals surface area contributed by atoms with Gasteiger partial charge in [-0.15, -0.1) is 0 Å². The van der Waals surface area contributed by atoms with E-state index in [2.05, 4.69) is 20.0 Å². The van der Waals surface area contributed by atoms with Crippen LogP contribution in [0.5, 0.6) is 0 Å². The van der Waals surface area contributed by atoms with E-state index in [1.54, 1.807) is 0 Å². The van der Waals surface area contributed by atoms with Gasteiger partial charge in [-0.3, -0.25) is 4.79 Å². The van der Waals surface area contributed by atoms with Gasteiger partial charge in [0, 0.05) is 0 Å². The fraction of sp³-hybridized carbons (Fsp3) is 0.444. The van der Waals surface area contributed by atoms with E-state index in [9.17, 15) is 13.6 Å². The molecule has 5 nitrogen and oxygen atoms in total. The number of amides is 1. The maximum atomic E-state index is 11.7. The Kier molecular flexibility index (Phi) is 5.71. The van der Waals surface area contributed by atoms with Crippen LogP contribution in [0.15, 0.2) is 12.4 Å². The van der Waals surface area contributed by atoms with Gasteiger partial charge in [-0.2, -0.15) is 0 Å². The van der Waals surface area contributed by atoms with Gasteiger partial charge in [0.2, 0.25) is 5.91 Å². The molecule has 8 heteroatoms. The van der Waals surface area contributed by atoms with E-state index in [1.807, 2.05) is 0 Å². The number of hydrogen-bond acceptors (Lipinski definition) is 4. The summed E-state index contributed by atoms with van der Waals surface area (Å²) in [4.78, 5) is 18.8. The van der Waals surface area contributed by atoms with Crippen LogP contribution in [0.25, 0.3) is 0 Å². The third kappa shape index (κ3) is 6.08. The third-order valence-corrected chi connectivity index (χ3v) is 1.80. The number of hydrogen-bond donors (Lipinski definition) is 1. The van der Waals surface area contributed by atoms with Crippen LogP contribution in [0.4, 0.5) is 14.6 Å². The first-order valence-electron chi connectivity index (χ1n) is 4.71. The number of aromatic nitrogens is 2. The minimum Gasteiger partial charge on any atom is -0.375 e. The molecular weight excluding hydrogens is 256 g/mol. The van der Waals surface area contributed by atoms with Gasteiger partial charge < -0.3 is 10.1 Å². The number of ether oxygens (including phenoxy) is 1. The third-order valence-electron chi connectivity index (χ3n) is 1.61. The maximum absolute atomic E-state index is 11.7. The lowest BCUT2D eigenvalue weighted by Crippen LogP contribution is -2.16. The van der Waals surface area contributed by atoms with Crippen molar-refractivity contribution >= 4 is 23.3 Å². The highest BCUT2D eigenvalue weighted by atomic mass is 35.5. The summed E-state index contributed by atoms with van der Waals surface area (Å²) in [5.41, 5.74) is 0. The Balaban J connectivity index is 2.23. The van der Waals surface area contributed by atoms with Crippen LogP contribution in [0.1, 0.15) is 6.42 Å². The Morgan fingerprint density at radius 3 is 2.82 bits per heavy atom. The van der Waals surface area contributed by atoms with E-state index < -0.39 is 18.9 Å². The number of carbonyl (C=O) groups excluding carboxylic acids is 1. The summed E-state index contributed by atoms with van der Waals surface area (Å²) < 4.78 is 27.9. The van der Waals surface area contributed by atoms with Crippen molar-refractivity contribution in [1.82, 2.24) is 9.97 Å². The highest BCUT2D eigenvalue weighted by Gasteiger charge is 2.06. The average molecular weight is 266 g/mol. The molecule has 0 saturated heterocycles. The molecule has 0 aliphatic carbocycles. The monoisotopic (exact) mass is 265 g/mol. The van der Waals surface area contributed by atoms with Crippen molar-refractivity contribution in [2.24, 2.45) is 0 Å². The van der Waals surface area contributed by atoms with Crippen molar-refractivity contribution in [3.8, 4) is 0 Å². The van der Waals surface area contributed by atoms with Gasteiger partial charge in [0.1, 0.15) is 11.8 Å². The predicted molar refractivity (Wildman–Crippen MR) is 57.1 cm³/mol. The SMILES string of the molecule is O=C(CCOCC(F)F)Nc1cnc(Cl)cn1. The van der Waals surface area contributed by atoms with Crippen LogP contribution in [0.3, 0.4) is 0 Å². The number of rotatable bonds is 6. The van der Waals surface area contributed by atoms with Gasteiger partial charge >= 0.3 is 0 Å². The van der Waals surface area contributed by atoms with Crippen molar-refractivity contribution in [2.45, 2.75) is 12.8 Å². The maximum Gasteiger partial charge on any atom is 0.261 e. The lowest BCUT2D eigenvalue weighted by molar-refractivity contribution is -0.117. The molecular formula is C9H10ClF2N3O2. The highest BCUT2D eigenvalue weighted by molar-refractivity contribution is 6.29. The second-order valence-electron chi connectivity index (χ2n) is 2.99. The first kappa shape index (κ1) is 13.7. The van der Waals surface area contributed by atoms with Crippen molar-refractivity contribution < 1.29 is 18.3 Å². The zero-order valence-corrected chi connectivity index (χ0v) is 9.45. The summed E-state index contributed by atoms with van der Waals surface area (Å²) in [5.74, 6) is -0.149. The van der Waals surface area contributed by atoms with E-state index >= 15 is 0 Å². The summed E-state index contributed by atoms with van der Waals surface area (Å²) in [6, 6.07) is 0. The Labute approximate surface area is 101 Å². The summed E-state index contributed by atoms with van der Waals surface area (Å²) in [6.07, 6.45) is 0.0158. The van der Waals surface area contributed by atoms with Crippen LogP contribution < -0.4 is 5.32 Å². The van der Waals surface area contributed by atoms with Crippen molar-refractivity contribution in [3.63, 3.8) is 0 Å². The van der Waals surface area contributed by atoms with Crippen molar-refractivity contribution in [3.05, 3.63) is 17.5 Å². The van der Waals surface area contributed by atoms with Crippen LogP contribution in [-0.2, 0) is 9.53 Å². The number of carbonyl (C=O) groups is 1. The number of halogens is 3. The molecule has 0 unspecified atom stereocenters. The average Bonchev–Trinajstić information content (AvgIpc) is 2.27. The minimum absolute atomic E-state index is 0.0307. The molecule has 0 aliphatic rings. The summed E-state index contributed by atoms with van der Waals surface area (Å²) in [7, 11) is 0. The highest BCUT2D eigenvalue weighted by Crippen LogP contribution is 2.05. The smallest absolute Gasteiger partial charge is 0.261 e. The Morgan fingerprint density at radius 1 is 1.47 bits per heavy atom. The Bertz CT molecular complexity index is 362. The standard InChI is InChI=1S/C9H10ClF2N3O2/c10-6-3-14-8(4-13-6)15-9(16)1-2-17-5-7(11)12/h3-4,7H,1-2,5H2,(H,14,15,16). The van der Waals surface area contributed by atoms with E-state index in [0.717, 1.165) is 0 Å². The Morgan fingerprint density at radius 2 is 2.24 bits per heavy atom. The molecule has 1 N–H and O–H groups in total. The second kappa shape index (κ2) is 7.08. The number of nitrogens with zero attached hydrogens (tertiary/aromatic N) is 2. The van der Waals surface area contributed by atoms with Crippen molar-refractivity contribution in [2.75, 3.05) is 18.5 Å². The van der Waals surface area contributed by atoms with Crippen molar-refractivity contribution in [1.29, 1.82) is 0 Å². The van der Waals surface area contributed by atoms with E-state index in [4.69, 9.17) is 11.6 Å². The van der Waals surface area contributed by atoms with Crippen LogP contribution >= 0.6 is 11.6 Å². The lowest BCUT2D eigenvalue weighted by Gasteiger charge is -2.04. The van der Waals surface area contributed by atoms with E-state index in [1.165, 1.54) is 12.4 Å². The molecule has 1 aromatic rings. The minimum atomic E-state index is -2.53. The quantitative estimate of drug-likeness (QED) is 0.796. The Hall–Kier alpha value is -1.34. The fourth-order valence-electron chi connectivity index (χ4n) is 0.919. The van der Waals surface area contributed by atoms with E-state index in [-0.39, 0.29) is 24.0 Å². The number of alkyl halides is 2. The first-order chi connectivity index (χ1) is 8.08. The summed E-state index contributed by atoms with van der Waals surface area (Å²) in [5, 5.41) is 2.63. The molecule has 17 heavy (non-hydrogen) atoms. The molecule has 0 saturated carbocycles. The molecule has 94 valence electrons. The topological polar surface area (TPSA) is 64.1 Å². The molecule has 1 aromatic heterocycles. The zero-order chi connectivity index (χ0) is 12.7. The van der Waals surface area contributed by atoms with Crippen LogP contribution in [-0.4, -0.2) is 35.5 Å². The normalized spacial score (nSPS) is 10.6. The molecule has 0 spiro atoms. The second-order valence-corrected chi connectivity index (χ2v) is 3.38.